The van der Waals surface area contributed by atoms with Crippen LogP contribution in [-0.2, 0) is 16.0 Å². The van der Waals surface area contributed by atoms with Crippen LogP contribution in [-0.4, -0.2) is 49.5 Å². The monoisotopic (exact) mass is 351 g/mol. The minimum atomic E-state index is -0.386. The van der Waals surface area contributed by atoms with Crippen molar-refractivity contribution in [2.24, 2.45) is 0 Å². The van der Waals surface area contributed by atoms with Crippen molar-refractivity contribution in [2.45, 2.75) is 6.42 Å². The predicted octanol–water partition coefficient (Wildman–Crippen LogP) is 1.74. The Morgan fingerprint density at radius 1 is 1.33 bits per heavy atom. The van der Waals surface area contributed by atoms with E-state index in [9.17, 15) is 9.18 Å². The van der Waals surface area contributed by atoms with Gasteiger partial charge in [-0.3, -0.25) is 4.79 Å². The third-order valence-electron chi connectivity index (χ3n) is 3.54. The lowest BCUT2D eigenvalue weighted by Gasteiger charge is -2.29. The topological polar surface area (TPSA) is 79.4 Å². The molecule has 7 nitrogen and oxygen atoms in total. The van der Waals surface area contributed by atoms with Crippen LogP contribution in [0.1, 0.15) is 5.01 Å². The van der Waals surface area contributed by atoms with Gasteiger partial charge in [-0.2, -0.15) is 0 Å². The van der Waals surface area contributed by atoms with E-state index in [0.29, 0.717) is 42.1 Å². The first-order valence-corrected chi connectivity index (χ1v) is 8.39. The number of anilines is 3. The molecular weight excluding hydrogens is 333 g/mol. The molecule has 3 rings (SSSR count). The van der Waals surface area contributed by atoms with Crippen LogP contribution < -0.4 is 15.5 Å². The molecule has 0 radical (unpaired) electrons. The maximum Gasteiger partial charge on any atom is 0.231 e. The fourth-order valence-corrected chi connectivity index (χ4v) is 3.11. The van der Waals surface area contributed by atoms with E-state index in [1.807, 2.05) is 4.90 Å². The molecule has 0 unspecified atom stereocenters. The van der Waals surface area contributed by atoms with Gasteiger partial charge in [0, 0.05) is 31.5 Å². The highest BCUT2D eigenvalue weighted by molar-refractivity contribution is 7.15. The largest absolute Gasteiger partial charge is 0.378 e. The number of carbonyl (C=O) groups is 1. The summed E-state index contributed by atoms with van der Waals surface area (Å²) in [7, 11) is 1.74. The van der Waals surface area contributed by atoms with E-state index < -0.39 is 0 Å². The van der Waals surface area contributed by atoms with Crippen molar-refractivity contribution in [3.05, 3.63) is 29.0 Å². The number of nitrogens with one attached hydrogen (secondary N) is 2. The molecule has 0 bridgehead atoms. The molecule has 0 spiro atoms. The summed E-state index contributed by atoms with van der Waals surface area (Å²) in [5.74, 6) is -0.644. The van der Waals surface area contributed by atoms with Crippen LogP contribution in [0.5, 0.6) is 0 Å². The van der Waals surface area contributed by atoms with E-state index in [1.165, 1.54) is 23.5 Å². The minimum absolute atomic E-state index is 0.0999. The molecule has 1 aromatic heterocycles. The van der Waals surface area contributed by atoms with Crippen molar-refractivity contribution >= 4 is 33.8 Å². The number of rotatable bonds is 5. The van der Waals surface area contributed by atoms with Crippen molar-refractivity contribution in [3.63, 3.8) is 0 Å². The van der Waals surface area contributed by atoms with Crippen molar-refractivity contribution in [1.82, 2.24) is 10.2 Å². The molecule has 1 saturated heterocycles. The average molecular weight is 351 g/mol. The Hall–Kier alpha value is -2.26. The van der Waals surface area contributed by atoms with Crippen LogP contribution in [0.2, 0.25) is 0 Å². The van der Waals surface area contributed by atoms with Crippen molar-refractivity contribution < 1.29 is 13.9 Å². The van der Waals surface area contributed by atoms with Gasteiger partial charge < -0.3 is 20.3 Å². The number of hydrogen-bond acceptors (Lipinski definition) is 7. The van der Waals surface area contributed by atoms with Crippen LogP contribution in [0.4, 0.5) is 20.9 Å². The first-order valence-electron chi connectivity index (χ1n) is 7.57. The molecule has 1 aliphatic rings. The van der Waals surface area contributed by atoms with Gasteiger partial charge in [0.15, 0.2) is 0 Å². The average Bonchev–Trinajstić information content (AvgIpc) is 3.02. The molecule has 0 atom stereocenters. The molecule has 1 aromatic carbocycles. The maximum atomic E-state index is 13.9. The molecule has 1 aliphatic heterocycles. The number of ether oxygens (including phenoxy) is 1. The lowest BCUT2D eigenvalue weighted by molar-refractivity contribution is -0.115. The van der Waals surface area contributed by atoms with Crippen LogP contribution >= 0.6 is 11.3 Å². The summed E-state index contributed by atoms with van der Waals surface area (Å²) in [5.41, 5.74) is 1.17. The van der Waals surface area contributed by atoms with Crippen LogP contribution in [0.3, 0.4) is 0 Å². The fourth-order valence-electron chi connectivity index (χ4n) is 2.42. The lowest BCUT2D eigenvalue weighted by atomic mass is 10.2. The molecule has 24 heavy (non-hydrogen) atoms. The Kier molecular flexibility index (Phi) is 5.21. The predicted molar refractivity (Wildman–Crippen MR) is 91.2 cm³/mol. The van der Waals surface area contributed by atoms with Gasteiger partial charge >= 0.3 is 0 Å². The second-order valence-corrected chi connectivity index (χ2v) is 6.34. The van der Waals surface area contributed by atoms with Gasteiger partial charge in [0.05, 0.1) is 19.6 Å². The number of aromatic nitrogens is 2. The highest BCUT2D eigenvalue weighted by Crippen LogP contribution is 2.23. The van der Waals surface area contributed by atoms with Gasteiger partial charge in [0.25, 0.3) is 0 Å². The third kappa shape index (κ3) is 4.18. The molecule has 0 saturated carbocycles. The number of hydrogen-bond donors (Lipinski definition) is 2. The zero-order valence-electron chi connectivity index (χ0n) is 13.2. The van der Waals surface area contributed by atoms with Gasteiger partial charge in [-0.1, -0.05) is 11.3 Å². The van der Waals surface area contributed by atoms with Crippen molar-refractivity contribution in [2.75, 3.05) is 48.9 Å². The number of morpholine rings is 1. The quantitative estimate of drug-likeness (QED) is 0.854. The Labute approximate surface area is 142 Å². The Bertz CT molecular complexity index is 718. The van der Waals surface area contributed by atoms with Crippen molar-refractivity contribution in [3.8, 4) is 0 Å². The first-order chi connectivity index (χ1) is 11.6. The van der Waals surface area contributed by atoms with Gasteiger partial charge in [-0.05, 0) is 18.2 Å². The first kappa shape index (κ1) is 16.6. The number of benzene rings is 1. The van der Waals surface area contributed by atoms with Gasteiger partial charge in [-0.25, -0.2) is 4.39 Å². The molecule has 2 aromatic rings. The minimum Gasteiger partial charge on any atom is -0.378 e. The zero-order chi connectivity index (χ0) is 16.9. The molecule has 2 N–H and O–H groups in total. The normalized spacial score (nSPS) is 14.5. The van der Waals surface area contributed by atoms with E-state index in [-0.39, 0.29) is 18.1 Å². The van der Waals surface area contributed by atoms with E-state index in [4.69, 9.17) is 4.74 Å². The Balaban J connectivity index is 1.67. The van der Waals surface area contributed by atoms with Crippen LogP contribution in [0.15, 0.2) is 18.2 Å². The number of amides is 1. The van der Waals surface area contributed by atoms with Gasteiger partial charge in [0.2, 0.25) is 11.0 Å². The second-order valence-electron chi connectivity index (χ2n) is 5.27. The smallest absolute Gasteiger partial charge is 0.231 e. The summed E-state index contributed by atoms with van der Waals surface area (Å²) < 4.78 is 19.2. The van der Waals surface area contributed by atoms with Crippen molar-refractivity contribution in [1.29, 1.82) is 0 Å². The highest BCUT2D eigenvalue weighted by atomic mass is 32.1. The standard InChI is InChI=1S/C15H18FN5O2S/c1-17-15-20-19-14(24-15)9-13(22)18-11-6-10(16)7-12(8-11)21-2-4-23-5-3-21/h6-8H,2-5,9H2,1H3,(H,17,20)(H,18,22). The van der Waals surface area contributed by atoms with Crippen LogP contribution in [0.25, 0.3) is 0 Å². The third-order valence-corrected chi connectivity index (χ3v) is 4.48. The highest BCUT2D eigenvalue weighted by Gasteiger charge is 2.14. The summed E-state index contributed by atoms with van der Waals surface area (Å²) in [6.45, 7) is 2.63. The maximum absolute atomic E-state index is 13.9. The Morgan fingerprint density at radius 2 is 2.12 bits per heavy atom. The van der Waals surface area contributed by atoms with E-state index >= 15 is 0 Å². The SMILES string of the molecule is CNc1nnc(CC(=O)Nc2cc(F)cc(N3CCOCC3)c2)s1. The number of halogens is 1. The molecule has 1 amide bonds. The number of nitrogens with zero attached hydrogens (tertiary/aromatic N) is 3. The second kappa shape index (κ2) is 7.54. The summed E-state index contributed by atoms with van der Waals surface area (Å²) in [6, 6.07) is 4.54. The lowest BCUT2D eigenvalue weighted by Crippen LogP contribution is -2.36. The summed E-state index contributed by atoms with van der Waals surface area (Å²) in [5, 5.41) is 14.6. The summed E-state index contributed by atoms with van der Waals surface area (Å²) >= 11 is 1.31. The Morgan fingerprint density at radius 3 is 2.83 bits per heavy atom. The van der Waals surface area contributed by atoms with Gasteiger partial charge in [0.1, 0.15) is 10.8 Å². The molecular formula is C15H18FN5O2S. The van der Waals surface area contributed by atoms with E-state index in [0.717, 1.165) is 5.69 Å². The van der Waals surface area contributed by atoms with E-state index in [1.54, 1.807) is 13.1 Å². The molecule has 128 valence electrons. The van der Waals surface area contributed by atoms with Gasteiger partial charge in [-0.15, -0.1) is 10.2 Å². The molecule has 0 aliphatic carbocycles. The van der Waals surface area contributed by atoms with E-state index in [2.05, 4.69) is 20.8 Å². The zero-order valence-corrected chi connectivity index (χ0v) is 14.0. The molecule has 2 heterocycles. The number of carbonyl (C=O) groups excluding carboxylic acids is 1. The fraction of sp³-hybridized carbons (Fsp3) is 0.400. The summed E-state index contributed by atoms with van der Waals surface area (Å²) in [6.07, 6.45) is 0.0999. The molecule has 9 heteroatoms. The van der Waals surface area contributed by atoms with Crippen LogP contribution in [0, 0.1) is 5.82 Å². The molecule has 1 fully saturated rings. The summed E-state index contributed by atoms with van der Waals surface area (Å²) in [4.78, 5) is 14.2.